The van der Waals surface area contributed by atoms with Crippen molar-refractivity contribution in [3.05, 3.63) is 70.0 Å². The van der Waals surface area contributed by atoms with E-state index in [0.717, 1.165) is 57.9 Å². The van der Waals surface area contributed by atoms with Gasteiger partial charge in [0, 0.05) is 120 Å². The molecule has 2 aromatic carbocycles. The van der Waals surface area contributed by atoms with Crippen LogP contribution in [0, 0.1) is 75.5 Å². The minimum Gasteiger partial charge on any atom is -0.481 e. The number of hydrogen-bond acceptors (Lipinski definition) is 4. The molecule has 2 fully saturated rings. The molecule has 0 atom stereocenters. The molecule has 0 unspecified atom stereocenters. The van der Waals surface area contributed by atoms with Gasteiger partial charge in [-0.2, -0.15) is 0 Å². The summed E-state index contributed by atoms with van der Waals surface area (Å²) in [6, 6.07) is 12.2. The first-order valence-electron chi connectivity index (χ1n) is 14.7. The predicted octanol–water partition coefficient (Wildman–Crippen LogP) is 7.26. The first kappa shape index (κ1) is 39.6. The number of benzene rings is 2. The largest absolute Gasteiger partial charge is 0.485 e. The maximum absolute atomic E-state index is 10.9. The van der Waals surface area contributed by atoms with E-state index in [2.05, 4.69) is 44.1 Å². The van der Waals surface area contributed by atoms with Crippen molar-refractivity contribution in [3.63, 3.8) is 0 Å². The average Bonchev–Trinajstić information content (AvgIpc) is 3.57. The summed E-state index contributed by atoms with van der Waals surface area (Å²) in [6.07, 6.45) is 16.6. The summed E-state index contributed by atoms with van der Waals surface area (Å²) in [5, 5.41) is 27.9. The van der Waals surface area contributed by atoms with Crippen LogP contribution in [-0.2, 0) is 27.1 Å². The smallest absolute Gasteiger partial charge is 0.481 e. The van der Waals surface area contributed by atoms with Gasteiger partial charge in [0.1, 0.15) is 0 Å². The molecule has 2 heterocycles. The van der Waals surface area contributed by atoms with Crippen LogP contribution >= 0.6 is 15.9 Å². The van der Waals surface area contributed by atoms with E-state index in [4.69, 9.17) is 19.9 Å². The van der Waals surface area contributed by atoms with E-state index in [1.807, 2.05) is 24.4 Å². The van der Waals surface area contributed by atoms with Crippen LogP contribution in [0.4, 0.5) is 0 Å². The Balaban J connectivity index is 0.000000240. The fourth-order valence-electron chi connectivity index (χ4n) is 5.94. The van der Waals surface area contributed by atoms with Crippen molar-refractivity contribution >= 4 is 57.4 Å². The molecule has 2 saturated carbocycles. The van der Waals surface area contributed by atoms with Gasteiger partial charge < -0.3 is 29.9 Å². The van der Waals surface area contributed by atoms with Crippen LogP contribution in [-0.4, -0.2) is 50.9 Å². The summed E-state index contributed by atoms with van der Waals surface area (Å²) in [4.78, 5) is 27.6. The van der Waals surface area contributed by atoms with Gasteiger partial charge in [-0.15, -0.1) is 0 Å². The van der Waals surface area contributed by atoms with E-state index in [0.29, 0.717) is 12.0 Å². The van der Waals surface area contributed by atoms with Gasteiger partial charge in [0.15, 0.2) is 0 Å². The minimum atomic E-state index is -0.814. The van der Waals surface area contributed by atoms with Crippen LogP contribution < -0.4 is 0 Å². The van der Waals surface area contributed by atoms with Gasteiger partial charge in [-0.05, 0) is 78.6 Å². The molecule has 2 aromatic heterocycles. The number of H-pyrrole nitrogens is 2. The molecule has 0 amide bonds. The Hall–Kier alpha value is -0.556. The number of rotatable bonds is 7. The van der Waals surface area contributed by atoms with Crippen molar-refractivity contribution in [1.29, 1.82) is 0 Å². The number of nitrogens with one attached hydrogen (secondary N) is 2. The number of aliphatic carboxylic acids is 2. The summed E-state index contributed by atoms with van der Waals surface area (Å²) in [5.41, 5.74) is 5.08. The number of aromatic amines is 2. The molecule has 6 rings (SSSR count). The van der Waals surface area contributed by atoms with Gasteiger partial charge in [-0.3, -0.25) is 9.59 Å². The molecule has 0 spiro atoms. The van der Waals surface area contributed by atoms with Gasteiger partial charge >= 0.3 is 19.6 Å². The van der Waals surface area contributed by atoms with Crippen molar-refractivity contribution in [3.8, 4) is 0 Å². The zero-order chi connectivity index (χ0) is 29.9. The zero-order valence-corrected chi connectivity index (χ0v) is 27.5. The Bertz CT molecular complexity index is 1470. The molecular weight excluding hydrogens is 679 g/mol. The summed E-state index contributed by atoms with van der Waals surface area (Å²) >= 11 is 3.36. The molecule has 8 nitrogen and oxygen atoms in total. The van der Waals surface area contributed by atoms with Crippen LogP contribution in [0.5, 0.6) is 0 Å². The molecule has 0 saturated heterocycles. The van der Waals surface area contributed by atoms with Gasteiger partial charge in [0.25, 0.3) is 0 Å². The minimum absolute atomic E-state index is 0. The second-order valence-electron chi connectivity index (χ2n) is 11.1. The van der Waals surface area contributed by atoms with Crippen LogP contribution in [0.15, 0.2) is 53.3 Å². The summed E-state index contributed by atoms with van der Waals surface area (Å²) in [7, 11) is 0.815. The molecule has 44 heavy (non-hydrogen) atoms. The second-order valence-corrected chi connectivity index (χ2v) is 12.0. The Morgan fingerprint density at radius 1 is 0.773 bits per heavy atom. The first-order chi connectivity index (χ1) is 20.3. The Kier molecular flexibility index (Phi) is 18.6. The van der Waals surface area contributed by atoms with Crippen molar-refractivity contribution in [1.82, 2.24) is 9.97 Å². The maximum Gasteiger partial charge on any atom is 0.485 e. The summed E-state index contributed by atoms with van der Waals surface area (Å²) < 4.78 is 5.87. The number of halogens is 1. The van der Waals surface area contributed by atoms with Gasteiger partial charge in [0.05, 0.1) is 12.8 Å². The third kappa shape index (κ3) is 12.2. The van der Waals surface area contributed by atoms with E-state index in [1.54, 1.807) is 6.20 Å². The average molecular weight is 718 g/mol. The molecule has 0 aliphatic heterocycles. The fourth-order valence-corrected chi connectivity index (χ4v) is 6.30. The zero-order valence-electron chi connectivity index (χ0n) is 24.5. The maximum atomic E-state index is 10.9. The third-order valence-electron chi connectivity index (χ3n) is 8.09. The van der Waals surface area contributed by atoms with E-state index < -0.39 is 11.9 Å². The SMILES string of the molecule is O=C(O)Cc1c[nH]c2ccc(Br)cc12.O=C(O)Cc1c[nH]c2ccc(C3CCCCC3)cc12.O[B]OC1CCCCC1.[Ar].[Ar]. The first-order valence-corrected chi connectivity index (χ1v) is 15.5. The van der Waals surface area contributed by atoms with Crippen molar-refractivity contribution in [2.45, 2.75) is 89.1 Å². The standard InChI is InChI=1S/C16H19NO2.C10H8BrNO2.C6H12BO2.2Ar/c18-16(19)9-13-10-17-15-7-6-12(8-14(13)15)11-4-2-1-3-5-11;11-7-1-2-9-8(4-7)6(5-12-9)3-10(13)14;8-7-9-6-4-2-1-3-5-6;;/h6-8,10-11,17H,1-5,9H2,(H,18,19);1-2,4-5,12H,3H2,(H,13,14);6,8H,1-5H2;;. The number of carboxylic acid groups (broad SMARTS) is 2. The quantitative estimate of drug-likeness (QED) is 0.128. The van der Waals surface area contributed by atoms with Gasteiger partial charge in [-0.1, -0.05) is 60.5 Å². The summed E-state index contributed by atoms with van der Waals surface area (Å²) in [5.74, 6) is -0.930. The third-order valence-corrected chi connectivity index (χ3v) is 8.58. The molecule has 0 bridgehead atoms. The van der Waals surface area contributed by atoms with Gasteiger partial charge in [-0.25, -0.2) is 0 Å². The molecular formula is C32H39Ar2BBrN2O6. The van der Waals surface area contributed by atoms with Crippen LogP contribution in [0.3, 0.4) is 0 Å². The van der Waals surface area contributed by atoms with Crippen molar-refractivity contribution < 1.29 is 105 Å². The normalized spacial score (nSPS) is 15.1. The Labute approximate surface area is 327 Å². The van der Waals surface area contributed by atoms with Gasteiger partial charge in [0.2, 0.25) is 0 Å². The van der Waals surface area contributed by atoms with Crippen molar-refractivity contribution in [2.24, 2.45) is 0 Å². The van der Waals surface area contributed by atoms with E-state index in [1.165, 1.54) is 56.9 Å². The molecule has 239 valence electrons. The van der Waals surface area contributed by atoms with Crippen LogP contribution in [0.2, 0.25) is 0 Å². The second kappa shape index (κ2) is 20.6. The number of carboxylic acids is 2. The van der Waals surface area contributed by atoms with Crippen LogP contribution in [0.25, 0.3) is 21.8 Å². The number of carbonyl (C=O) groups is 2. The molecule has 1 radical (unpaired) electrons. The molecule has 4 aromatic rings. The number of aromatic nitrogens is 2. The van der Waals surface area contributed by atoms with E-state index in [9.17, 15) is 9.59 Å². The molecule has 12 heteroatoms. The number of hydrogen-bond donors (Lipinski definition) is 5. The monoisotopic (exact) mass is 717 g/mol. The molecule has 5 N–H and O–H groups in total. The van der Waals surface area contributed by atoms with Crippen molar-refractivity contribution in [2.75, 3.05) is 0 Å². The van der Waals surface area contributed by atoms with Crippen LogP contribution in [0.1, 0.15) is 86.8 Å². The fraction of sp³-hybridized carbons (Fsp3) is 0.438. The molecule has 2 aliphatic carbocycles. The van der Waals surface area contributed by atoms with E-state index >= 15 is 0 Å². The number of fused-ring (bicyclic) bond motifs is 2. The summed E-state index contributed by atoms with van der Waals surface area (Å²) in [6.45, 7) is 0. The Morgan fingerprint density at radius 3 is 1.80 bits per heavy atom. The predicted molar refractivity (Wildman–Crippen MR) is 169 cm³/mol. The van der Waals surface area contributed by atoms with E-state index in [-0.39, 0.29) is 88.3 Å². The topological polar surface area (TPSA) is 136 Å². The molecule has 2 aliphatic rings. The Morgan fingerprint density at radius 2 is 1.27 bits per heavy atom.